The summed E-state index contributed by atoms with van der Waals surface area (Å²) in [5.41, 5.74) is 0.993. The van der Waals surface area contributed by atoms with Gasteiger partial charge in [-0.15, -0.1) is 0 Å². The molecule has 4 heteroatoms. The Balaban J connectivity index is 2.17. The topological polar surface area (TPSA) is 50.7 Å². The van der Waals surface area contributed by atoms with Crippen molar-refractivity contribution >= 4 is 0 Å². The van der Waals surface area contributed by atoms with Crippen LogP contribution in [0.5, 0.6) is 11.5 Å². The molecule has 1 aliphatic heterocycles. The van der Waals surface area contributed by atoms with Crippen LogP contribution < -0.4 is 14.8 Å². The highest BCUT2D eigenvalue weighted by Gasteiger charge is 2.33. The largest absolute Gasteiger partial charge is 0.493 e. The minimum atomic E-state index is -0.183. The minimum Gasteiger partial charge on any atom is -0.493 e. The third kappa shape index (κ3) is 3.44. The molecule has 2 atom stereocenters. The smallest absolute Gasteiger partial charge is 0.128 e. The summed E-state index contributed by atoms with van der Waals surface area (Å²) in [5, 5.41) is 12.4. The average molecular weight is 279 g/mol. The molecule has 2 unspecified atom stereocenters. The zero-order chi connectivity index (χ0) is 14.8. The Morgan fingerprint density at radius 1 is 1.50 bits per heavy atom. The van der Waals surface area contributed by atoms with Gasteiger partial charge in [0.1, 0.15) is 17.1 Å². The van der Waals surface area contributed by atoms with E-state index in [0.29, 0.717) is 12.6 Å². The third-order valence-electron chi connectivity index (χ3n) is 3.64. The van der Waals surface area contributed by atoms with Gasteiger partial charge in [-0.2, -0.15) is 0 Å². The maximum atomic E-state index is 9.03. The van der Waals surface area contributed by atoms with Crippen LogP contribution in [0.15, 0.2) is 18.2 Å². The SMILES string of the molecule is CNC1CC(C)(C)Oc2cc(OCC(C)CO)ccc21. The molecule has 0 bridgehead atoms. The molecule has 2 rings (SSSR count). The van der Waals surface area contributed by atoms with E-state index in [1.54, 1.807) is 0 Å². The minimum absolute atomic E-state index is 0.133. The number of fused-ring (bicyclic) bond motifs is 1. The number of rotatable bonds is 5. The van der Waals surface area contributed by atoms with Gasteiger partial charge in [0, 0.05) is 36.6 Å². The van der Waals surface area contributed by atoms with Gasteiger partial charge in [-0.25, -0.2) is 0 Å². The fourth-order valence-corrected chi connectivity index (χ4v) is 2.47. The van der Waals surface area contributed by atoms with Gasteiger partial charge in [0.25, 0.3) is 0 Å². The Labute approximate surface area is 121 Å². The second kappa shape index (κ2) is 6.02. The lowest BCUT2D eigenvalue weighted by Gasteiger charge is -2.37. The van der Waals surface area contributed by atoms with Crippen molar-refractivity contribution in [1.29, 1.82) is 0 Å². The molecule has 0 aliphatic carbocycles. The van der Waals surface area contributed by atoms with Crippen LogP contribution in [0, 0.1) is 5.92 Å². The van der Waals surface area contributed by atoms with E-state index < -0.39 is 0 Å². The van der Waals surface area contributed by atoms with Gasteiger partial charge < -0.3 is 19.9 Å². The quantitative estimate of drug-likeness (QED) is 0.869. The highest BCUT2D eigenvalue weighted by molar-refractivity contribution is 5.44. The molecule has 1 heterocycles. The molecule has 0 radical (unpaired) electrons. The van der Waals surface area contributed by atoms with E-state index >= 15 is 0 Å². The predicted octanol–water partition coefficient (Wildman–Crippen LogP) is 2.52. The summed E-state index contributed by atoms with van der Waals surface area (Å²) in [7, 11) is 1.98. The van der Waals surface area contributed by atoms with E-state index in [2.05, 4.69) is 25.2 Å². The van der Waals surface area contributed by atoms with Crippen LogP contribution in [-0.2, 0) is 0 Å². The van der Waals surface area contributed by atoms with E-state index in [4.69, 9.17) is 14.6 Å². The molecule has 0 amide bonds. The van der Waals surface area contributed by atoms with Gasteiger partial charge in [-0.05, 0) is 27.0 Å². The Bertz CT molecular complexity index is 459. The Hall–Kier alpha value is -1.26. The summed E-state index contributed by atoms with van der Waals surface area (Å²) in [6, 6.07) is 6.28. The predicted molar refractivity (Wildman–Crippen MR) is 79.3 cm³/mol. The molecule has 1 aromatic rings. The number of aliphatic hydroxyl groups is 1. The Morgan fingerprint density at radius 2 is 2.25 bits per heavy atom. The molecule has 0 spiro atoms. The van der Waals surface area contributed by atoms with Crippen molar-refractivity contribution < 1.29 is 14.6 Å². The highest BCUT2D eigenvalue weighted by Crippen LogP contribution is 2.40. The third-order valence-corrected chi connectivity index (χ3v) is 3.64. The standard InChI is InChI=1S/C16H25NO3/c1-11(9-18)10-19-12-5-6-13-14(17-4)8-16(2,3)20-15(13)7-12/h5-7,11,14,17-18H,8-10H2,1-4H3. The van der Waals surface area contributed by atoms with E-state index in [1.807, 2.05) is 26.1 Å². The molecule has 20 heavy (non-hydrogen) atoms. The Kier molecular flexibility index (Phi) is 4.55. The number of benzene rings is 1. The summed E-state index contributed by atoms with van der Waals surface area (Å²) < 4.78 is 11.8. The van der Waals surface area contributed by atoms with E-state index in [0.717, 1.165) is 17.9 Å². The maximum Gasteiger partial charge on any atom is 0.128 e. The lowest BCUT2D eigenvalue weighted by Crippen LogP contribution is -2.38. The normalized spacial score (nSPS) is 21.8. The van der Waals surface area contributed by atoms with Crippen LogP contribution in [0.3, 0.4) is 0 Å². The first-order valence-electron chi connectivity index (χ1n) is 7.19. The van der Waals surface area contributed by atoms with Gasteiger partial charge in [0.15, 0.2) is 0 Å². The number of hydrogen-bond donors (Lipinski definition) is 2. The zero-order valence-corrected chi connectivity index (χ0v) is 12.8. The number of aliphatic hydroxyl groups excluding tert-OH is 1. The Morgan fingerprint density at radius 3 is 2.90 bits per heavy atom. The molecule has 0 fully saturated rings. The fraction of sp³-hybridized carbons (Fsp3) is 0.625. The van der Waals surface area contributed by atoms with E-state index in [9.17, 15) is 0 Å². The summed E-state index contributed by atoms with van der Waals surface area (Å²) in [6.45, 7) is 6.79. The monoisotopic (exact) mass is 279 g/mol. The molecule has 1 aliphatic rings. The summed E-state index contributed by atoms with van der Waals surface area (Å²) >= 11 is 0. The molecule has 4 nitrogen and oxygen atoms in total. The van der Waals surface area contributed by atoms with Crippen molar-refractivity contribution in [3.05, 3.63) is 23.8 Å². The highest BCUT2D eigenvalue weighted by atomic mass is 16.5. The lowest BCUT2D eigenvalue weighted by molar-refractivity contribution is 0.0669. The zero-order valence-electron chi connectivity index (χ0n) is 12.8. The first kappa shape index (κ1) is 15.1. The fourth-order valence-electron chi connectivity index (χ4n) is 2.47. The summed E-state index contributed by atoms with van der Waals surface area (Å²) in [6.07, 6.45) is 0.943. The first-order chi connectivity index (χ1) is 9.45. The van der Waals surface area contributed by atoms with Crippen molar-refractivity contribution in [2.75, 3.05) is 20.3 Å². The van der Waals surface area contributed by atoms with Gasteiger partial charge in [-0.3, -0.25) is 0 Å². The molecule has 0 saturated heterocycles. The van der Waals surface area contributed by atoms with Crippen LogP contribution in [0.2, 0.25) is 0 Å². The van der Waals surface area contributed by atoms with Crippen LogP contribution in [-0.4, -0.2) is 31.0 Å². The summed E-state index contributed by atoms with van der Waals surface area (Å²) in [4.78, 5) is 0. The molecule has 2 N–H and O–H groups in total. The van der Waals surface area contributed by atoms with Crippen molar-refractivity contribution in [2.45, 2.75) is 38.8 Å². The summed E-state index contributed by atoms with van der Waals surface area (Å²) in [5.74, 6) is 1.81. The van der Waals surface area contributed by atoms with E-state index in [-0.39, 0.29) is 18.1 Å². The van der Waals surface area contributed by atoms with Gasteiger partial charge >= 0.3 is 0 Å². The number of nitrogens with one attached hydrogen (secondary N) is 1. The van der Waals surface area contributed by atoms with Crippen molar-refractivity contribution in [2.24, 2.45) is 5.92 Å². The number of ether oxygens (including phenoxy) is 2. The van der Waals surface area contributed by atoms with Crippen molar-refractivity contribution in [1.82, 2.24) is 5.32 Å². The second-order valence-electron chi connectivity index (χ2n) is 6.21. The van der Waals surface area contributed by atoms with Crippen LogP contribution in [0.25, 0.3) is 0 Å². The average Bonchev–Trinajstić information content (AvgIpc) is 2.42. The maximum absolute atomic E-state index is 9.03. The molecule has 0 aromatic heterocycles. The van der Waals surface area contributed by atoms with Crippen LogP contribution in [0.4, 0.5) is 0 Å². The molecular weight excluding hydrogens is 254 g/mol. The van der Waals surface area contributed by atoms with Crippen LogP contribution >= 0.6 is 0 Å². The molecule has 0 saturated carbocycles. The van der Waals surface area contributed by atoms with Crippen LogP contribution in [0.1, 0.15) is 38.8 Å². The lowest BCUT2D eigenvalue weighted by atomic mass is 9.90. The van der Waals surface area contributed by atoms with Gasteiger partial charge in [0.2, 0.25) is 0 Å². The van der Waals surface area contributed by atoms with Gasteiger partial charge in [0.05, 0.1) is 6.61 Å². The van der Waals surface area contributed by atoms with E-state index in [1.165, 1.54) is 5.56 Å². The van der Waals surface area contributed by atoms with Gasteiger partial charge in [-0.1, -0.05) is 13.0 Å². The van der Waals surface area contributed by atoms with Crippen molar-refractivity contribution in [3.8, 4) is 11.5 Å². The molecular formula is C16H25NO3. The second-order valence-corrected chi connectivity index (χ2v) is 6.21. The number of hydrogen-bond acceptors (Lipinski definition) is 4. The molecule has 112 valence electrons. The first-order valence-corrected chi connectivity index (χ1v) is 7.19. The molecule has 1 aromatic carbocycles. The van der Waals surface area contributed by atoms with Crippen molar-refractivity contribution in [3.63, 3.8) is 0 Å².